The molecule has 6 nitrogen and oxygen atoms in total. The molecule has 0 atom stereocenters. The molecule has 0 aliphatic carbocycles. The zero-order chi connectivity index (χ0) is 15.3. The van der Waals surface area contributed by atoms with E-state index >= 15 is 0 Å². The average molecular weight is 328 g/mol. The molecule has 2 rings (SSSR count). The maximum Gasteiger partial charge on any atom is 0.244 e. The van der Waals surface area contributed by atoms with Crippen molar-refractivity contribution in [3.8, 4) is 0 Å². The van der Waals surface area contributed by atoms with Gasteiger partial charge in [-0.05, 0) is 37.1 Å². The molecule has 0 aromatic heterocycles. The predicted octanol–water partition coefficient (Wildman–Crippen LogP) is 1.90. The van der Waals surface area contributed by atoms with E-state index < -0.39 is 5.54 Å². The van der Waals surface area contributed by atoms with Crippen LogP contribution in [0.1, 0.15) is 26.2 Å². The fourth-order valence-electron chi connectivity index (χ4n) is 2.10. The van der Waals surface area contributed by atoms with Gasteiger partial charge in [0.05, 0.1) is 0 Å². The Morgan fingerprint density at radius 3 is 2.14 bits per heavy atom. The minimum absolute atomic E-state index is 0. The summed E-state index contributed by atoms with van der Waals surface area (Å²) in [5.41, 5.74) is 6.61. The van der Waals surface area contributed by atoms with Gasteiger partial charge in [-0.25, -0.2) is 0 Å². The number of benzene rings is 1. The molecule has 1 saturated heterocycles. The summed E-state index contributed by atoms with van der Waals surface area (Å²) in [6, 6.07) is 6.98. The van der Waals surface area contributed by atoms with Crippen LogP contribution >= 0.6 is 12.4 Å². The van der Waals surface area contributed by atoms with E-state index in [9.17, 15) is 9.59 Å². The topological polar surface area (TPSA) is 93.5 Å². The Morgan fingerprint density at radius 2 is 1.64 bits per heavy atom. The van der Waals surface area contributed by atoms with E-state index in [-0.39, 0.29) is 24.2 Å². The Kier molecular flexibility index (Phi) is 6.80. The molecule has 4 N–H and O–H groups in total. The van der Waals surface area contributed by atoms with Gasteiger partial charge in [0.25, 0.3) is 0 Å². The first-order chi connectivity index (χ1) is 10.0. The summed E-state index contributed by atoms with van der Waals surface area (Å²) < 4.78 is 5.23. The molecule has 0 radical (unpaired) electrons. The van der Waals surface area contributed by atoms with Gasteiger partial charge in [0.1, 0.15) is 5.54 Å². The maximum atomic E-state index is 12.2. The number of halogens is 1. The van der Waals surface area contributed by atoms with E-state index in [0.717, 1.165) is 0 Å². The molecule has 1 fully saturated rings. The highest BCUT2D eigenvalue weighted by Gasteiger charge is 2.35. The number of nitrogens with two attached hydrogens (primary N) is 1. The summed E-state index contributed by atoms with van der Waals surface area (Å²) in [5, 5.41) is 5.56. The van der Waals surface area contributed by atoms with Crippen LogP contribution in [0.15, 0.2) is 24.3 Å². The van der Waals surface area contributed by atoms with Gasteiger partial charge >= 0.3 is 0 Å². The Hall–Kier alpha value is -1.63. The number of ether oxygens (including phenoxy) is 1. The molecule has 0 saturated carbocycles. The minimum atomic E-state index is -0.868. The van der Waals surface area contributed by atoms with Crippen LogP contribution in [0.3, 0.4) is 0 Å². The molecule has 1 heterocycles. The van der Waals surface area contributed by atoms with Gasteiger partial charge in [0.2, 0.25) is 11.8 Å². The lowest BCUT2D eigenvalue weighted by atomic mass is 9.90. The van der Waals surface area contributed by atoms with Crippen LogP contribution < -0.4 is 16.4 Å². The smallest absolute Gasteiger partial charge is 0.244 e. The molecular weight excluding hydrogens is 306 g/mol. The predicted molar refractivity (Wildman–Crippen MR) is 88.2 cm³/mol. The number of hydrogen-bond donors (Lipinski definition) is 3. The number of rotatable bonds is 4. The van der Waals surface area contributed by atoms with Gasteiger partial charge < -0.3 is 21.1 Å². The Balaban J connectivity index is 0.00000242. The molecule has 1 aromatic rings. The summed E-state index contributed by atoms with van der Waals surface area (Å²) in [4.78, 5) is 23.5. The number of amides is 2. The highest BCUT2D eigenvalue weighted by Crippen LogP contribution is 2.21. The molecule has 0 bridgehead atoms. The second kappa shape index (κ2) is 8.12. The highest BCUT2D eigenvalue weighted by molar-refractivity contribution is 5.98. The van der Waals surface area contributed by atoms with Gasteiger partial charge in [-0.15, -0.1) is 12.4 Å². The molecule has 1 aliphatic rings. The van der Waals surface area contributed by atoms with Crippen LogP contribution in [0, 0.1) is 0 Å². The quantitative estimate of drug-likeness (QED) is 0.787. The lowest BCUT2D eigenvalue weighted by Gasteiger charge is -2.31. The van der Waals surface area contributed by atoms with Crippen molar-refractivity contribution in [1.82, 2.24) is 0 Å². The third-order valence-electron chi connectivity index (χ3n) is 3.58. The summed E-state index contributed by atoms with van der Waals surface area (Å²) in [7, 11) is 0. The van der Waals surface area contributed by atoms with E-state index in [2.05, 4.69) is 10.6 Å². The number of nitrogens with one attached hydrogen (secondary N) is 2. The van der Waals surface area contributed by atoms with Crippen LogP contribution in [0.5, 0.6) is 0 Å². The van der Waals surface area contributed by atoms with Crippen LogP contribution in [0.25, 0.3) is 0 Å². The third-order valence-corrected chi connectivity index (χ3v) is 3.58. The van der Waals surface area contributed by atoms with Crippen molar-refractivity contribution in [2.24, 2.45) is 5.73 Å². The Morgan fingerprint density at radius 1 is 1.14 bits per heavy atom. The zero-order valence-electron chi connectivity index (χ0n) is 12.6. The summed E-state index contributed by atoms with van der Waals surface area (Å²) in [5.74, 6) is -0.244. The van der Waals surface area contributed by atoms with Crippen molar-refractivity contribution in [3.63, 3.8) is 0 Å². The van der Waals surface area contributed by atoms with Gasteiger partial charge in [-0.2, -0.15) is 0 Å². The molecule has 1 aromatic carbocycles. The van der Waals surface area contributed by atoms with E-state index in [1.165, 1.54) is 0 Å². The van der Waals surface area contributed by atoms with Crippen LogP contribution in [0.2, 0.25) is 0 Å². The first kappa shape index (κ1) is 18.4. The largest absolute Gasteiger partial charge is 0.381 e. The first-order valence-electron chi connectivity index (χ1n) is 7.11. The molecule has 0 spiro atoms. The lowest BCUT2D eigenvalue weighted by Crippen LogP contribution is -2.54. The number of carbonyl (C=O) groups excluding carboxylic acids is 2. The summed E-state index contributed by atoms with van der Waals surface area (Å²) in [6.45, 7) is 2.80. The second-order valence-electron chi connectivity index (χ2n) is 5.20. The third kappa shape index (κ3) is 4.69. The molecule has 122 valence electrons. The molecular formula is C15H22ClN3O3. The van der Waals surface area contributed by atoms with Crippen molar-refractivity contribution in [3.05, 3.63) is 24.3 Å². The van der Waals surface area contributed by atoms with Crippen molar-refractivity contribution >= 4 is 35.6 Å². The standard InChI is InChI=1S/C15H21N3O3.ClH/c1-2-13(19)17-11-3-5-12(6-4-11)18-14(20)15(16)7-9-21-10-8-15;/h3-6H,2,7-10,16H2,1H3,(H,17,19)(H,18,20);1H. The first-order valence-corrected chi connectivity index (χ1v) is 7.11. The monoisotopic (exact) mass is 327 g/mol. The van der Waals surface area contributed by atoms with Gasteiger partial charge in [-0.3, -0.25) is 9.59 Å². The number of anilines is 2. The maximum absolute atomic E-state index is 12.2. The fourth-order valence-corrected chi connectivity index (χ4v) is 2.10. The van der Waals surface area contributed by atoms with E-state index in [0.29, 0.717) is 43.9 Å². The summed E-state index contributed by atoms with van der Waals surface area (Å²) in [6.07, 6.45) is 1.46. The van der Waals surface area contributed by atoms with Gasteiger partial charge in [-0.1, -0.05) is 6.92 Å². The Labute approximate surface area is 136 Å². The zero-order valence-corrected chi connectivity index (χ0v) is 13.4. The second-order valence-corrected chi connectivity index (χ2v) is 5.20. The molecule has 1 aliphatic heterocycles. The normalized spacial score (nSPS) is 16.3. The van der Waals surface area contributed by atoms with Crippen molar-refractivity contribution in [1.29, 1.82) is 0 Å². The summed E-state index contributed by atoms with van der Waals surface area (Å²) >= 11 is 0. The molecule has 7 heteroatoms. The molecule has 22 heavy (non-hydrogen) atoms. The SMILES string of the molecule is CCC(=O)Nc1ccc(NC(=O)C2(N)CCOCC2)cc1.Cl. The number of hydrogen-bond acceptors (Lipinski definition) is 4. The highest BCUT2D eigenvalue weighted by atomic mass is 35.5. The lowest BCUT2D eigenvalue weighted by molar-refractivity contribution is -0.124. The minimum Gasteiger partial charge on any atom is -0.381 e. The van der Waals surface area contributed by atoms with Crippen molar-refractivity contribution < 1.29 is 14.3 Å². The van der Waals surface area contributed by atoms with E-state index in [4.69, 9.17) is 10.5 Å². The molecule has 2 amide bonds. The number of carbonyl (C=O) groups is 2. The Bertz CT molecular complexity index is 513. The molecule has 0 unspecified atom stereocenters. The van der Waals surface area contributed by atoms with Gasteiger partial charge in [0, 0.05) is 31.0 Å². The van der Waals surface area contributed by atoms with Gasteiger partial charge in [0.15, 0.2) is 0 Å². The van der Waals surface area contributed by atoms with Crippen LogP contribution in [0.4, 0.5) is 11.4 Å². The fraction of sp³-hybridized carbons (Fsp3) is 0.467. The van der Waals surface area contributed by atoms with Crippen molar-refractivity contribution in [2.75, 3.05) is 23.8 Å². The van der Waals surface area contributed by atoms with Crippen molar-refractivity contribution in [2.45, 2.75) is 31.7 Å². The van der Waals surface area contributed by atoms with E-state index in [1.54, 1.807) is 31.2 Å². The average Bonchev–Trinajstić information content (AvgIpc) is 2.50. The van der Waals surface area contributed by atoms with Crippen LogP contribution in [-0.4, -0.2) is 30.6 Å². The van der Waals surface area contributed by atoms with E-state index in [1.807, 2.05) is 0 Å². The van der Waals surface area contributed by atoms with Crippen LogP contribution in [-0.2, 0) is 14.3 Å².